The predicted octanol–water partition coefficient (Wildman–Crippen LogP) is -3.77. The molecule has 0 saturated carbocycles. The lowest BCUT2D eigenvalue weighted by atomic mass is 10.0. The van der Waals surface area contributed by atoms with Gasteiger partial charge in [0.05, 0.1) is 19.1 Å². The molecule has 3 rings (SSSR count). The second kappa shape index (κ2) is 42.8. The van der Waals surface area contributed by atoms with E-state index in [-0.39, 0.29) is 44.6 Å². The number of aliphatic hydroxyl groups excluding tert-OH is 1. The van der Waals surface area contributed by atoms with Crippen LogP contribution in [0.1, 0.15) is 123 Å². The number of carbonyl (C=O) groups is 18. The standard InChI is InChI=1S/C65H89N12O24/c1-6-49(80)69-40(19-23-50(81)82)59(95)73-45(31-54(89)90)62(98)72-43(22-26-53(87)88)60(96)76-47(33-79)63(99)67-35(4)55(91)70-41(20-24-51(83)84)57(93)66-36(5)56(92)75-46(30-38-16-11-8-12-17-38)65(101)77-27-13-18-48(77)64(100)74-44(28-34(2)3)61(97)71-42(21-25-52(85)86)58(94)68-39(32-78)29-37-14-9-7-10-15-37/h6-12,14-17,32,34-36,39-48,79H,13,18-31,33H2,1-5H3,(H,66,93)(H,67,99)(H,68,94)(H,69,80)(H,70,91)(H,71,97)(H,72,98)(H,73,95)(H,74,100)(H,75,92)(H,76,96)(H,81,82)(H,83,84)(H,85,86)(H,87,88)(H,89,90). The largest absolute Gasteiger partial charge is 0.481 e. The average molecular weight is 1420 g/mol. The first kappa shape index (κ1) is 84.3. The molecule has 1 aliphatic heterocycles. The monoisotopic (exact) mass is 1420 g/mol. The van der Waals surface area contributed by atoms with Crippen LogP contribution in [-0.4, -0.2) is 228 Å². The van der Waals surface area contributed by atoms with E-state index in [1.54, 1.807) is 74.5 Å². The molecule has 0 aromatic heterocycles. The molecule has 1 heterocycles. The molecule has 1 saturated heterocycles. The number of hydrogen-bond acceptors (Lipinski definition) is 19. The molecule has 12 amide bonds. The average Bonchev–Trinajstić information content (AvgIpc) is 1.74. The molecule has 36 nitrogen and oxygen atoms in total. The van der Waals surface area contributed by atoms with Gasteiger partial charge in [-0.3, -0.25) is 81.5 Å². The van der Waals surface area contributed by atoms with Crippen molar-refractivity contribution in [3.63, 3.8) is 0 Å². The Morgan fingerprint density at radius 1 is 0.446 bits per heavy atom. The third-order valence-corrected chi connectivity index (χ3v) is 15.6. The van der Waals surface area contributed by atoms with Crippen molar-refractivity contribution in [2.75, 3.05) is 13.2 Å². The molecule has 1 fully saturated rings. The first-order valence-corrected chi connectivity index (χ1v) is 32.3. The van der Waals surface area contributed by atoms with E-state index in [9.17, 15) is 112 Å². The number of nitrogens with one attached hydrogen (secondary N) is 11. The van der Waals surface area contributed by atoms with Crippen molar-refractivity contribution >= 4 is 107 Å². The molecule has 553 valence electrons. The predicted molar refractivity (Wildman–Crippen MR) is 350 cm³/mol. The summed E-state index contributed by atoms with van der Waals surface area (Å²) in [6, 6.07) is -2.17. The molecule has 0 spiro atoms. The molecule has 0 bridgehead atoms. The maximum Gasteiger partial charge on any atom is 0.305 e. The van der Waals surface area contributed by atoms with E-state index >= 15 is 0 Å². The van der Waals surface area contributed by atoms with Crippen LogP contribution < -0.4 is 58.5 Å². The summed E-state index contributed by atoms with van der Waals surface area (Å²) < 4.78 is 0. The van der Waals surface area contributed by atoms with Gasteiger partial charge in [0.2, 0.25) is 70.9 Å². The topological polar surface area (TPSA) is 564 Å². The zero-order valence-corrected chi connectivity index (χ0v) is 56.2. The SMILES string of the molecule is C[CH]C(=O)NC(CCC(=O)O)C(=O)NC(CC(=O)O)C(=O)NC(CCC(=O)O)C(=O)NC(CO)C(=O)NC(C)C(=O)NC(CCC(=O)O)C(=O)NC(C)C(=O)NC(Cc1ccccc1)C(=O)N1CCCC1C(=O)NC(CC(C)C)C(=O)NC(CCC(=O)O)C(=O)NC(C=O)Cc1ccccc1. The minimum Gasteiger partial charge on any atom is -0.481 e. The highest BCUT2D eigenvalue weighted by atomic mass is 16.4. The maximum atomic E-state index is 14.7. The number of amides is 12. The molecule has 36 heteroatoms. The molecule has 0 aliphatic carbocycles. The van der Waals surface area contributed by atoms with Crippen molar-refractivity contribution < 1.29 is 117 Å². The summed E-state index contributed by atoms with van der Waals surface area (Å²) in [4.78, 5) is 236. The molecule has 1 aliphatic rings. The summed E-state index contributed by atoms with van der Waals surface area (Å²) in [5, 5.41) is 82.9. The highest BCUT2D eigenvalue weighted by Gasteiger charge is 2.41. The molecule has 2 aromatic rings. The Kier molecular flexibility index (Phi) is 35.7. The van der Waals surface area contributed by atoms with Gasteiger partial charge in [0.15, 0.2) is 0 Å². The molecule has 101 heavy (non-hydrogen) atoms. The van der Waals surface area contributed by atoms with Crippen LogP contribution in [0.2, 0.25) is 0 Å². The van der Waals surface area contributed by atoms with E-state index in [4.69, 9.17) is 5.11 Å². The van der Waals surface area contributed by atoms with Gasteiger partial charge in [-0.1, -0.05) is 81.4 Å². The van der Waals surface area contributed by atoms with Gasteiger partial charge in [-0.2, -0.15) is 0 Å². The van der Waals surface area contributed by atoms with Crippen molar-refractivity contribution in [3.8, 4) is 0 Å². The summed E-state index contributed by atoms with van der Waals surface area (Å²) in [7, 11) is 0. The fourth-order valence-electron chi connectivity index (χ4n) is 10.2. The van der Waals surface area contributed by atoms with Gasteiger partial charge in [0.25, 0.3) is 0 Å². The lowest BCUT2D eigenvalue weighted by Crippen LogP contribution is -2.60. The summed E-state index contributed by atoms with van der Waals surface area (Å²) in [6.45, 7) is 5.78. The van der Waals surface area contributed by atoms with Crippen LogP contribution in [-0.2, 0) is 99.1 Å². The van der Waals surface area contributed by atoms with Gasteiger partial charge in [-0.15, -0.1) is 0 Å². The van der Waals surface area contributed by atoms with Crippen LogP contribution in [0.3, 0.4) is 0 Å². The van der Waals surface area contributed by atoms with Gasteiger partial charge in [-0.05, 0) is 82.3 Å². The molecule has 2 aromatic carbocycles. The summed E-state index contributed by atoms with van der Waals surface area (Å²) in [6.07, 6.45) is -4.53. The Labute approximate surface area is 579 Å². The van der Waals surface area contributed by atoms with Gasteiger partial charge in [-0.25, -0.2) is 0 Å². The Hall–Kier alpha value is -10.9. The number of nitrogens with zero attached hydrogens (tertiary/aromatic N) is 1. The van der Waals surface area contributed by atoms with E-state index in [0.717, 1.165) is 13.3 Å². The molecule has 1 radical (unpaired) electrons. The lowest BCUT2D eigenvalue weighted by molar-refractivity contribution is -0.142. The number of carboxylic acids is 5. The molecular formula is C65H89N12O24. The van der Waals surface area contributed by atoms with Gasteiger partial charge in [0, 0.05) is 45.1 Å². The third kappa shape index (κ3) is 30.4. The molecule has 12 unspecified atom stereocenters. The van der Waals surface area contributed by atoms with Crippen LogP contribution >= 0.6 is 0 Å². The molecular weight excluding hydrogens is 1330 g/mol. The van der Waals surface area contributed by atoms with E-state index in [0.29, 0.717) is 17.4 Å². The van der Waals surface area contributed by atoms with Crippen LogP contribution in [0, 0.1) is 12.3 Å². The number of hydrogen-bond donors (Lipinski definition) is 17. The number of carboxylic acid groups (broad SMARTS) is 5. The normalized spacial score (nSPS) is 15.7. The molecule has 17 N–H and O–H groups in total. The van der Waals surface area contributed by atoms with E-state index in [1.165, 1.54) is 18.7 Å². The number of carbonyl (C=O) groups excluding carboxylic acids is 13. The van der Waals surface area contributed by atoms with Crippen molar-refractivity contribution in [2.45, 2.75) is 197 Å². The van der Waals surface area contributed by atoms with Crippen molar-refractivity contribution in [1.29, 1.82) is 0 Å². The van der Waals surface area contributed by atoms with Crippen molar-refractivity contribution in [3.05, 3.63) is 78.2 Å². The first-order valence-electron chi connectivity index (χ1n) is 32.3. The number of benzene rings is 2. The quantitative estimate of drug-likeness (QED) is 0.0283. The fraction of sp³-hybridized carbons (Fsp3) is 0.523. The number of likely N-dealkylation sites (tertiary alicyclic amines) is 1. The fourth-order valence-corrected chi connectivity index (χ4v) is 10.2. The minimum absolute atomic E-state index is 0.00411. The maximum absolute atomic E-state index is 14.7. The number of aliphatic hydroxyl groups is 1. The Bertz CT molecular complexity index is 3280. The smallest absolute Gasteiger partial charge is 0.305 e. The zero-order chi connectivity index (χ0) is 75.6. The number of aliphatic carboxylic acids is 5. The van der Waals surface area contributed by atoms with Crippen molar-refractivity contribution in [2.24, 2.45) is 5.92 Å². The summed E-state index contributed by atoms with van der Waals surface area (Å²) >= 11 is 0. The zero-order valence-electron chi connectivity index (χ0n) is 56.2. The Morgan fingerprint density at radius 2 is 0.822 bits per heavy atom. The second-order valence-corrected chi connectivity index (χ2v) is 24.2. The Balaban J connectivity index is 1.79. The second-order valence-electron chi connectivity index (χ2n) is 24.2. The summed E-state index contributed by atoms with van der Waals surface area (Å²) in [5.74, 6) is -20.3. The minimum atomic E-state index is -2.05. The highest BCUT2D eigenvalue weighted by Crippen LogP contribution is 2.21. The number of rotatable bonds is 45. The van der Waals surface area contributed by atoms with Gasteiger partial charge in [0.1, 0.15) is 72.7 Å². The van der Waals surface area contributed by atoms with Crippen LogP contribution in [0.25, 0.3) is 0 Å². The molecule has 12 atom stereocenters. The van der Waals surface area contributed by atoms with Gasteiger partial charge < -0.3 is 98.8 Å². The number of aldehydes is 1. The summed E-state index contributed by atoms with van der Waals surface area (Å²) in [5.41, 5.74) is 1.24. The third-order valence-electron chi connectivity index (χ3n) is 15.6. The lowest BCUT2D eigenvalue weighted by Gasteiger charge is -2.31. The van der Waals surface area contributed by atoms with Crippen LogP contribution in [0.5, 0.6) is 0 Å². The van der Waals surface area contributed by atoms with Crippen LogP contribution in [0.15, 0.2) is 60.7 Å². The van der Waals surface area contributed by atoms with E-state index in [2.05, 4.69) is 53.2 Å². The van der Waals surface area contributed by atoms with Gasteiger partial charge >= 0.3 is 29.8 Å². The van der Waals surface area contributed by atoms with Crippen molar-refractivity contribution in [1.82, 2.24) is 63.4 Å². The Morgan fingerprint density at radius 3 is 1.25 bits per heavy atom. The first-order chi connectivity index (χ1) is 47.7. The van der Waals surface area contributed by atoms with E-state index in [1.807, 2.05) is 5.32 Å². The van der Waals surface area contributed by atoms with Crippen LogP contribution in [0.4, 0.5) is 0 Å². The van der Waals surface area contributed by atoms with E-state index < -0.39 is 238 Å². The highest BCUT2D eigenvalue weighted by molar-refractivity contribution is 6.00.